The molecule has 104 valence electrons. The molecule has 1 N–H and O–H groups in total. The molecule has 2 rings (SSSR count). The topological polar surface area (TPSA) is 38.3 Å². The highest BCUT2D eigenvalue weighted by molar-refractivity contribution is 5.77. The number of hydrogen-bond acceptors (Lipinski definition) is 3. The highest BCUT2D eigenvalue weighted by Gasteiger charge is 2.20. The molecule has 2 aromatic carbocycles. The zero-order valence-corrected chi connectivity index (χ0v) is 11.2. The van der Waals surface area contributed by atoms with Crippen molar-refractivity contribution in [1.82, 2.24) is 5.32 Å². The van der Waals surface area contributed by atoms with Gasteiger partial charge in [0.2, 0.25) is 0 Å². The van der Waals surface area contributed by atoms with E-state index in [1.165, 1.54) is 19.2 Å². The molecule has 0 amide bonds. The van der Waals surface area contributed by atoms with Crippen LogP contribution in [-0.4, -0.2) is 13.1 Å². The van der Waals surface area contributed by atoms with Crippen molar-refractivity contribution in [2.75, 3.05) is 7.11 Å². The Kier molecular flexibility index (Phi) is 4.85. The largest absolute Gasteiger partial charge is 0.468 e. The smallest absolute Gasteiger partial charge is 0.327 e. The lowest BCUT2D eigenvalue weighted by Gasteiger charge is -2.17. The van der Waals surface area contributed by atoms with Gasteiger partial charge in [0, 0.05) is 6.54 Å². The second kappa shape index (κ2) is 6.82. The van der Waals surface area contributed by atoms with Gasteiger partial charge in [0.15, 0.2) is 0 Å². The van der Waals surface area contributed by atoms with Crippen molar-refractivity contribution in [2.45, 2.75) is 12.6 Å². The maximum absolute atomic E-state index is 12.9. The van der Waals surface area contributed by atoms with Crippen molar-refractivity contribution in [3.8, 4) is 0 Å². The summed E-state index contributed by atoms with van der Waals surface area (Å²) in [6, 6.07) is 14.9. The third kappa shape index (κ3) is 3.65. The summed E-state index contributed by atoms with van der Waals surface area (Å²) in [5.41, 5.74) is 1.73. The van der Waals surface area contributed by atoms with E-state index in [1.54, 1.807) is 12.1 Å². The first kappa shape index (κ1) is 14.2. The summed E-state index contributed by atoms with van der Waals surface area (Å²) < 4.78 is 17.7. The molecular weight excluding hydrogens is 257 g/mol. The molecule has 0 aliphatic rings. The van der Waals surface area contributed by atoms with Crippen LogP contribution in [0.4, 0.5) is 4.39 Å². The van der Waals surface area contributed by atoms with Crippen LogP contribution < -0.4 is 5.32 Å². The van der Waals surface area contributed by atoms with E-state index in [1.807, 2.05) is 30.3 Å². The molecule has 0 radical (unpaired) electrons. The molecule has 0 bridgehead atoms. The summed E-state index contributed by atoms with van der Waals surface area (Å²) in [5.74, 6) is -0.729. The minimum absolute atomic E-state index is 0.333. The highest BCUT2D eigenvalue weighted by atomic mass is 19.1. The van der Waals surface area contributed by atoms with Crippen LogP contribution in [-0.2, 0) is 16.1 Å². The van der Waals surface area contributed by atoms with Gasteiger partial charge in [-0.05, 0) is 23.3 Å². The number of carbonyl (C=O) groups excluding carboxylic acids is 1. The van der Waals surface area contributed by atoms with Crippen molar-refractivity contribution < 1.29 is 13.9 Å². The Bertz CT molecular complexity index is 554. The number of ether oxygens (including phenoxy) is 1. The van der Waals surface area contributed by atoms with Crippen molar-refractivity contribution in [1.29, 1.82) is 0 Å². The number of rotatable bonds is 5. The molecule has 4 heteroatoms. The van der Waals surface area contributed by atoms with Crippen molar-refractivity contribution in [3.05, 3.63) is 71.5 Å². The third-order valence-electron chi connectivity index (χ3n) is 2.99. The molecule has 20 heavy (non-hydrogen) atoms. The van der Waals surface area contributed by atoms with Crippen LogP contribution in [0.3, 0.4) is 0 Å². The van der Waals surface area contributed by atoms with Crippen molar-refractivity contribution in [3.63, 3.8) is 0 Å². The van der Waals surface area contributed by atoms with Gasteiger partial charge in [0.05, 0.1) is 7.11 Å². The first-order valence-electron chi connectivity index (χ1n) is 6.31. The van der Waals surface area contributed by atoms with Gasteiger partial charge in [-0.2, -0.15) is 0 Å². The summed E-state index contributed by atoms with van der Waals surface area (Å²) >= 11 is 0. The predicted octanol–water partition coefficient (Wildman–Crippen LogP) is 2.83. The van der Waals surface area contributed by atoms with Crippen LogP contribution in [0.1, 0.15) is 17.2 Å². The highest BCUT2D eigenvalue weighted by Crippen LogP contribution is 2.16. The number of hydrogen-bond donors (Lipinski definition) is 1. The van der Waals surface area contributed by atoms with Crippen LogP contribution in [0.5, 0.6) is 0 Å². The Morgan fingerprint density at radius 1 is 1.15 bits per heavy atom. The Morgan fingerprint density at radius 2 is 1.80 bits per heavy atom. The second-order valence-corrected chi connectivity index (χ2v) is 4.37. The molecule has 1 unspecified atom stereocenters. The van der Waals surface area contributed by atoms with E-state index in [4.69, 9.17) is 4.74 Å². The van der Waals surface area contributed by atoms with Gasteiger partial charge >= 0.3 is 5.97 Å². The second-order valence-electron chi connectivity index (χ2n) is 4.37. The zero-order chi connectivity index (χ0) is 14.4. The Balaban J connectivity index is 2.12. The standard InChI is InChI=1S/C16H16FNO2/c1-20-16(19)15(13-7-9-14(17)10-8-13)18-11-12-5-3-2-4-6-12/h2-10,15,18H,11H2,1H3. The molecule has 0 saturated heterocycles. The first-order valence-corrected chi connectivity index (χ1v) is 6.31. The zero-order valence-electron chi connectivity index (χ0n) is 11.2. The summed E-state index contributed by atoms with van der Waals surface area (Å²) in [5, 5.41) is 3.13. The van der Waals surface area contributed by atoms with Crippen LogP contribution >= 0.6 is 0 Å². The fourth-order valence-corrected chi connectivity index (χ4v) is 1.93. The van der Waals surface area contributed by atoms with E-state index in [2.05, 4.69) is 5.32 Å². The van der Waals surface area contributed by atoms with Gasteiger partial charge in [-0.3, -0.25) is 5.32 Å². The van der Waals surface area contributed by atoms with E-state index in [9.17, 15) is 9.18 Å². The number of benzene rings is 2. The fourth-order valence-electron chi connectivity index (χ4n) is 1.93. The minimum atomic E-state index is -0.610. The fraction of sp³-hybridized carbons (Fsp3) is 0.188. The van der Waals surface area contributed by atoms with E-state index in [0.29, 0.717) is 12.1 Å². The monoisotopic (exact) mass is 273 g/mol. The normalized spacial score (nSPS) is 11.9. The summed E-state index contributed by atoms with van der Waals surface area (Å²) in [4.78, 5) is 11.8. The predicted molar refractivity (Wildman–Crippen MR) is 74.4 cm³/mol. The van der Waals surface area contributed by atoms with Crippen LogP contribution in [0.25, 0.3) is 0 Å². The SMILES string of the molecule is COC(=O)C(NCc1ccccc1)c1ccc(F)cc1. The molecule has 0 aromatic heterocycles. The van der Waals surface area contributed by atoms with Gasteiger partial charge in [-0.25, -0.2) is 9.18 Å². The molecule has 0 spiro atoms. The Hall–Kier alpha value is -2.20. The van der Waals surface area contributed by atoms with Gasteiger partial charge in [-0.1, -0.05) is 42.5 Å². The molecule has 0 fully saturated rings. The average molecular weight is 273 g/mol. The van der Waals surface area contributed by atoms with Gasteiger partial charge in [-0.15, -0.1) is 0 Å². The molecule has 0 heterocycles. The number of esters is 1. The van der Waals surface area contributed by atoms with E-state index < -0.39 is 12.0 Å². The van der Waals surface area contributed by atoms with Crippen LogP contribution in [0.15, 0.2) is 54.6 Å². The molecule has 0 aliphatic heterocycles. The van der Waals surface area contributed by atoms with Crippen LogP contribution in [0.2, 0.25) is 0 Å². The molecule has 3 nitrogen and oxygen atoms in total. The van der Waals surface area contributed by atoms with E-state index in [0.717, 1.165) is 5.56 Å². The van der Waals surface area contributed by atoms with Gasteiger partial charge < -0.3 is 4.74 Å². The lowest BCUT2D eigenvalue weighted by Crippen LogP contribution is -2.29. The summed E-state index contributed by atoms with van der Waals surface area (Å²) in [6.45, 7) is 0.526. The summed E-state index contributed by atoms with van der Waals surface area (Å²) in [6.07, 6.45) is 0. The lowest BCUT2D eigenvalue weighted by atomic mass is 10.1. The number of carbonyl (C=O) groups is 1. The maximum Gasteiger partial charge on any atom is 0.327 e. The van der Waals surface area contributed by atoms with Crippen molar-refractivity contribution in [2.24, 2.45) is 0 Å². The Labute approximate surface area is 117 Å². The maximum atomic E-state index is 12.9. The quantitative estimate of drug-likeness (QED) is 0.851. The average Bonchev–Trinajstić information content (AvgIpc) is 2.50. The number of nitrogens with one attached hydrogen (secondary N) is 1. The molecule has 1 atom stereocenters. The van der Waals surface area contributed by atoms with Crippen molar-refractivity contribution >= 4 is 5.97 Å². The van der Waals surface area contributed by atoms with E-state index >= 15 is 0 Å². The van der Waals surface area contributed by atoms with E-state index in [-0.39, 0.29) is 5.82 Å². The molecular formula is C16H16FNO2. The molecule has 0 saturated carbocycles. The molecule has 0 aliphatic carbocycles. The van der Waals surface area contributed by atoms with Gasteiger partial charge in [0.1, 0.15) is 11.9 Å². The lowest BCUT2D eigenvalue weighted by molar-refractivity contribution is -0.143. The first-order chi connectivity index (χ1) is 9.70. The minimum Gasteiger partial charge on any atom is -0.468 e. The Morgan fingerprint density at radius 3 is 2.40 bits per heavy atom. The third-order valence-corrected chi connectivity index (χ3v) is 2.99. The number of methoxy groups -OCH3 is 1. The summed E-state index contributed by atoms with van der Waals surface area (Å²) in [7, 11) is 1.34. The number of halogens is 1. The molecule has 2 aromatic rings. The van der Waals surface area contributed by atoms with Crippen LogP contribution in [0, 0.1) is 5.82 Å². The van der Waals surface area contributed by atoms with Gasteiger partial charge in [0.25, 0.3) is 0 Å².